The van der Waals surface area contributed by atoms with Gasteiger partial charge in [-0.1, -0.05) is 0 Å². The molecule has 0 spiro atoms. The van der Waals surface area contributed by atoms with Crippen LogP contribution in [0, 0.1) is 0 Å². The van der Waals surface area contributed by atoms with Gasteiger partial charge >= 0.3 is 0 Å². The highest BCUT2D eigenvalue weighted by atomic mass is 16.7. The minimum atomic E-state index is -0.285. The highest BCUT2D eigenvalue weighted by Gasteiger charge is 2.16. The van der Waals surface area contributed by atoms with Crippen LogP contribution in [0.4, 0.5) is 0 Å². The lowest BCUT2D eigenvalue weighted by molar-refractivity contribution is -0.125. The number of aromatic nitrogens is 3. The van der Waals surface area contributed by atoms with E-state index in [-0.39, 0.29) is 5.91 Å². The molecule has 0 bridgehead atoms. The molecule has 31 heavy (non-hydrogen) atoms. The third-order valence-corrected chi connectivity index (χ3v) is 4.69. The average molecular weight is 422 g/mol. The molecule has 9 heteroatoms. The van der Waals surface area contributed by atoms with E-state index in [1.807, 2.05) is 30.5 Å². The largest absolute Gasteiger partial charge is 0.493 e. The minimum absolute atomic E-state index is 0.285. The first-order valence-corrected chi connectivity index (χ1v) is 9.60. The molecule has 4 aromatic rings. The number of hydroxylamine groups is 1. The molecule has 9 nitrogen and oxygen atoms in total. The molecule has 0 saturated heterocycles. The third kappa shape index (κ3) is 4.22. The highest BCUT2D eigenvalue weighted by molar-refractivity contribution is 6.03. The Labute approximate surface area is 178 Å². The van der Waals surface area contributed by atoms with Crippen molar-refractivity contribution in [1.29, 1.82) is 0 Å². The number of hydrogen-bond acceptors (Lipinski definition) is 7. The number of nitrogens with one attached hydrogen (secondary N) is 2. The molecule has 1 amide bonds. The van der Waals surface area contributed by atoms with Crippen molar-refractivity contribution in [3.63, 3.8) is 0 Å². The average Bonchev–Trinajstić information content (AvgIpc) is 3.20. The zero-order valence-electron chi connectivity index (χ0n) is 17.4. The zero-order valence-corrected chi connectivity index (χ0v) is 17.4. The van der Waals surface area contributed by atoms with E-state index in [1.165, 1.54) is 13.3 Å². The summed E-state index contributed by atoms with van der Waals surface area (Å²) in [6.07, 6.45) is 3.39. The van der Waals surface area contributed by atoms with Gasteiger partial charge in [0, 0.05) is 48.1 Å². The number of amides is 1. The van der Waals surface area contributed by atoms with E-state index in [2.05, 4.69) is 20.4 Å². The predicted octanol–water partition coefficient (Wildman–Crippen LogP) is 3.24. The van der Waals surface area contributed by atoms with Gasteiger partial charge in [-0.25, -0.2) is 9.97 Å². The molecule has 4 rings (SSSR count). The van der Waals surface area contributed by atoms with Gasteiger partial charge in [-0.3, -0.25) is 4.79 Å². The second-order valence-electron chi connectivity index (χ2n) is 6.75. The number of carbonyl (C=O) groups is 1. The van der Waals surface area contributed by atoms with Crippen molar-refractivity contribution in [2.75, 3.05) is 27.4 Å². The zero-order chi connectivity index (χ0) is 21.8. The number of carbonyl (C=O) groups excluding carboxylic acids is 1. The Morgan fingerprint density at radius 1 is 1.06 bits per heavy atom. The minimum Gasteiger partial charge on any atom is -0.493 e. The highest BCUT2D eigenvalue weighted by Crippen LogP contribution is 2.38. The van der Waals surface area contributed by atoms with Crippen LogP contribution in [0.5, 0.6) is 17.2 Å². The number of benzene rings is 2. The van der Waals surface area contributed by atoms with Crippen LogP contribution >= 0.6 is 0 Å². The van der Waals surface area contributed by atoms with Crippen molar-refractivity contribution in [3.05, 3.63) is 42.9 Å². The Morgan fingerprint density at radius 3 is 2.71 bits per heavy atom. The van der Waals surface area contributed by atoms with E-state index >= 15 is 0 Å². The Bertz CT molecular complexity index is 1240. The molecule has 0 aliphatic carbocycles. The maximum atomic E-state index is 11.1. The molecular weight excluding hydrogens is 400 g/mol. The lowest BCUT2D eigenvalue weighted by Crippen LogP contribution is -2.23. The molecule has 2 heterocycles. The number of H-pyrrole nitrogens is 1. The van der Waals surface area contributed by atoms with Crippen LogP contribution in [-0.2, 0) is 9.53 Å². The predicted molar refractivity (Wildman–Crippen MR) is 115 cm³/mol. The molecule has 0 aliphatic heterocycles. The van der Waals surface area contributed by atoms with Crippen molar-refractivity contribution in [2.45, 2.75) is 6.92 Å². The first-order chi connectivity index (χ1) is 15.1. The van der Waals surface area contributed by atoms with E-state index in [4.69, 9.17) is 19.0 Å². The van der Waals surface area contributed by atoms with E-state index in [0.717, 1.165) is 33.1 Å². The van der Waals surface area contributed by atoms with Crippen molar-refractivity contribution < 1.29 is 23.8 Å². The van der Waals surface area contributed by atoms with E-state index < -0.39 is 0 Å². The van der Waals surface area contributed by atoms with Gasteiger partial charge in [-0.05, 0) is 24.3 Å². The molecule has 0 aliphatic rings. The number of fused-ring (bicyclic) bond motifs is 2. The van der Waals surface area contributed by atoms with Crippen molar-refractivity contribution in [1.82, 2.24) is 20.4 Å². The summed E-state index contributed by atoms with van der Waals surface area (Å²) < 4.78 is 16.3. The number of nitrogens with zero attached hydrogens (tertiary/aromatic N) is 2. The number of rotatable bonds is 8. The summed E-state index contributed by atoms with van der Waals surface area (Å²) in [5, 5.41) is 1.70. The fraction of sp³-hybridized carbons (Fsp3) is 0.227. The Balaban J connectivity index is 1.79. The van der Waals surface area contributed by atoms with Gasteiger partial charge in [0.25, 0.3) is 0 Å². The van der Waals surface area contributed by atoms with Crippen LogP contribution in [-0.4, -0.2) is 48.3 Å². The summed E-state index contributed by atoms with van der Waals surface area (Å²) >= 11 is 0. The number of hydrogen-bond donors (Lipinski definition) is 2. The Hall–Kier alpha value is -3.85. The van der Waals surface area contributed by atoms with Crippen LogP contribution in [0.3, 0.4) is 0 Å². The van der Waals surface area contributed by atoms with Gasteiger partial charge < -0.3 is 24.0 Å². The molecule has 0 atom stereocenters. The lowest BCUT2D eigenvalue weighted by atomic mass is 10.0. The normalized spacial score (nSPS) is 10.9. The molecule has 2 aromatic carbocycles. The van der Waals surface area contributed by atoms with Gasteiger partial charge in [0.15, 0.2) is 17.2 Å². The quantitative estimate of drug-likeness (QED) is 0.331. The summed E-state index contributed by atoms with van der Waals surface area (Å²) in [7, 11) is 3.21. The van der Waals surface area contributed by atoms with Crippen molar-refractivity contribution in [3.8, 4) is 28.5 Å². The maximum absolute atomic E-state index is 11.1. The fourth-order valence-electron chi connectivity index (χ4n) is 3.28. The molecule has 0 saturated carbocycles. The number of ether oxygens (including phenoxy) is 3. The van der Waals surface area contributed by atoms with Crippen LogP contribution < -0.4 is 19.8 Å². The monoisotopic (exact) mass is 422 g/mol. The first kappa shape index (κ1) is 20.4. The summed E-state index contributed by atoms with van der Waals surface area (Å²) in [5.41, 5.74) is 5.56. The van der Waals surface area contributed by atoms with Gasteiger partial charge in [-0.15, -0.1) is 0 Å². The Kier molecular flexibility index (Phi) is 5.85. The van der Waals surface area contributed by atoms with Crippen LogP contribution in [0.2, 0.25) is 0 Å². The van der Waals surface area contributed by atoms with Crippen LogP contribution in [0.25, 0.3) is 33.1 Å². The van der Waals surface area contributed by atoms with Crippen LogP contribution in [0.1, 0.15) is 6.92 Å². The second kappa shape index (κ2) is 8.88. The van der Waals surface area contributed by atoms with Crippen molar-refractivity contribution in [2.24, 2.45) is 0 Å². The lowest BCUT2D eigenvalue weighted by Gasteiger charge is -2.13. The molecular formula is C22H22N4O5. The second-order valence-corrected chi connectivity index (χ2v) is 6.75. The summed E-state index contributed by atoms with van der Waals surface area (Å²) in [5.74, 6) is 1.39. The van der Waals surface area contributed by atoms with Gasteiger partial charge in [0.2, 0.25) is 5.91 Å². The van der Waals surface area contributed by atoms with Crippen molar-refractivity contribution >= 4 is 27.7 Å². The smallest absolute Gasteiger partial charge is 0.249 e. The van der Waals surface area contributed by atoms with E-state index in [9.17, 15) is 4.79 Å². The van der Waals surface area contributed by atoms with E-state index in [0.29, 0.717) is 30.5 Å². The first-order valence-electron chi connectivity index (χ1n) is 9.60. The topological polar surface area (TPSA) is 108 Å². The molecule has 160 valence electrons. The Morgan fingerprint density at radius 2 is 1.94 bits per heavy atom. The fourth-order valence-corrected chi connectivity index (χ4v) is 3.28. The maximum Gasteiger partial charge on any atom is 0.249 e. The molecule has 2 N–H and O–H groups in total. The van der Waals surface area contributed by atoms with Crippen LogP contribution in [0.15, 0.2) is 42.9 Å². The summed E-state index contributed by atoms with van der Waals surface area (Å²) in [6, 6.07) is 9.17. The van der Waals surface area contributed by atoms with Gasteiger partial charge in [0.05, 0.1) is 24.9 Å². The van der Waals surface area contributed by atoms with Gasteiger partial charge in [0.1, 0.15) is 12.9 Å². The third-order valence-electron chi connectivity index (χ3n) is 4.69. The molecule has 0 unspecified atom stereocenters. The van der Waals surface area contributed by atoms with Gasteiger partial charge in [-0.2, -0.15) is 5.48 Å². The summed E-state index contributed by atoms with van der Waals surface area (Å²) in [4.78, 5) is 28.7. The molecule has 2 aromatic heterocycles. The number of methoxy groups -OCH3 is 2. The number of aromatic amines is 1. The molecule has 0 radical (unpaired) electrons. The SMILES string of the molecule is COCCOc1cc2ncnc(-c3c[nH]c4ccc(ONC(C)=O)cc34)c2cc1OC. The molecule has 0 fully saturated rings. The van der Waals surface area contributed by atoms with E-state index in [1.54, 1.807) is 20.3 Å². The summed E-state index contributed by atoms with van der Waals surface area (Å²) in [6.45, 7) is 2.25. The standard InChI is InChI=1S/C22H22N4O5/c1-13(27)26-31-14-4-5-18-15(8-14)17(11-23-18)22-16-9-20(29-3)21(30-7-6-28-2)10-19(16)24-12-25-22/h4-5,8-12,23H,6-7H2,1-3H3,(H,26,27).